The monoisotopic (exact) mass is 346 g/mol. The minimum Gasteiger partial charge on any atom is -0.411 e. The van der Waals surface area contributed by atoms with Gasteiger partial charge in [-0.2, -0.15) is 0 Å². The average molecular weight is 347 g/mol. The van der Waals surface area contributed by atoms with Crippen LogP contribution in [0.25, 0.3) is 0 Å². The molecule has 108 valence electrons. The summed E-state index contributed by atoms with van der Waals surface area (Å²) in [5.74, 6) is -0.158. The van der Waals surface area contributed by atoms with Crippen LogP contribution in [-0.4, -0.2) is 16.8 Å². The van der Waals surface area contributed by atoms with Gasteiger partial charge in [0.15, 0.2) is 0 Å². The fourth-order valence-electron chi connectivity index (χ4n) is 1.90. The normalized spacial score (nSPS) is 11.3. The van der Waals surface area contributed by atoms with Crippen LogP contribution in [0.4, 0.5) is 5.69 Å². The predicted octanol–water partition coefficient (Wildman–Crippen LogP) is 4.21. The van der Waals surface area contributed by atoms with Crippen LogP contribution in [-0.2, 0) is 0 Å². The van der Waals surface area contributed by atoms with Crippen molar-refractivity contribution in [2.45, 2.75) is 13.8 Å². The van der Waals surface area contributed by atoms with Crippen molar-refractivity contribution in [2.75, 3.05) is 5.32 Å². The Hall–Kier alpha value is -2.14. The van der Waals surface area contributed by atoms with Crippen molar-refractivity contribution in [1.29, 1.82) is 0 Å². The van der Waals surface area contributed by atoms with E-state index in [0.717, 1.165) is 15.6 Å². The molecule has 0 atom stereocenters. The summed E-state index contributed by atoms with van der Waals surface area (Å²) in [6.07, 6.45) is 0. The first-order chi connectivity index (χ1) is 10.0. The predicted molar refractivity (Wildman–Crippen MR) is 87.3 cm³/mol. The molecule has 0 aliphatic rings. The number of rotatable bonds is 3. The van der Waals surface area contributed by atoms with Crippen LogP contribution in [0, 0.1) is 6.92 Å². The number of amides is 1. The zero-order valence-corrected chi connectivity index (χ0v) is 13.3. The summed E-state index contributed by atoms with van der Waals surface area (Å²) in [7, 11) is 0. The summed E-state index contributed by atoms with van der Waals surface area (Å²) in [4.78, 5) is 12.3. The third kappa shape index (κ3) is 3.49. The van der Waals surface area contributed by atoms with Crippen LogP contribution in [0.1, 0.15) is 28.4 Å². The smallest absolute Gasteiger partial charge is 0.255 e. The van der Waals surface area contributed by atoms with Gasteiger partial charge in [0.2, 0.25) is 0 Å². The molecule has 2 aromatic carbocycles. The molecule has 0 radical (unpaired) electrons. The summed E-state index contributed by atoms with van der Waals surface area (Å²) in [6.45, 7) is 3.60. The van der Waals surface area contributed by atoms with E-state index in [9.17, 15) is 4.79 Å². The number of hydrogen-bond donors (Lipinski definition) is 2. The molecule has 21 heavy (non-hydrogen) atoms. The van der Waals surface area contributed by atoms with Crippen LogP contribution < -0.4 is 5.32 Å². The molecule has 0 spiro atoms. The van der Waals surface area contributed by atoms with Gasteiger partial charge in [-0.15, -0.1) is 0 Å². The Balaban J connectivity index is 2.18. The first-order valence-corrected chi connectivity index (χ1v) is 7.18. The van der Waals surface area contributed by atoms with Gasteiger partial charge in [-0.3, -0.25) is 4.79 Å². The number of benzene rings is 2. The van der Waals surface area contributed by atoms with Crippen molar-refractivity contribution in [3.8, 4) is 0 Å². The lowest BCUT2D eigenvalue weighted by molar-refractivity contribution is 0.102. The van der Waals surface area contributed by atoms with E-state index in [4.69, 9.17) is 5.21 Å². The van der Waals surface area contributed by atoms with E-state index in [2.05, 4.69) is 26.4 Å². The van der Waals surface area contributed by atoms with Crippen molar-refractivity contribution < 1.29 is 10.0 Å². The van der Waals surface area contributed by atoms with Gasteiger partial charge in [0, 0.05) is 15.7 Å². The molecule has 0 bridgehead atoms. The molecule has 0 aliphatic heterocycles. The summed E-state index contributed by atoms with van der Waals surface area (Å²) in [5, 5.41) is 14.7. The molecule has 5 heteroatoms. The van der Waals surface area contributed by atoms with Gasteiger partial charge in [-0.25, -0.2) is 0 Å². The molecule has 0 heterocycles. The van der Waals surface area contributed by atoms with Crippen molar-refractivity contribution >= 4 is 33.2 Å². The summed E-state index contributed by atoms with van der Waals surface area (Å²) >= 11 is 3.42. The zero-order chi connectivity index (χ0) is 15.4. The highest BCUT2D eigenvalue weighted by atomic mass is 79.9. The minimum atomic E-state index is -0.158. The van der Waals surface area contributed by atoms with Gasteiger partial charge in [-0.1, -0.05) is 39.3 Å². The standard InChI is InChI=1S/C16H15BrN2O2/c1-10-14(4-3-5-15(10)17)16(20)18-13-8-6-12(7-9-13)11(2)19-21/h3-9,21H,1-2H3,(H,18,20). The summed E-state index contributed by atoms with van der Waals surface area (Å²) in [6, 6.07) is 12.6. The Morgan fingerprint density at radius 2 is 1.86 bits per heavy atom. The Bertz CT molecular complexity index is 694. The van der Waals surface area contributed by atoms with E-state index in [1.54, 1.807) is 37.3 Å². The van der Waals surface area contributed by atoms with Crippen LogP contribution in [0.5, 0.6) is 0 Å². The van der Waals surface area contributed by atoms with Gasteiger partial charge in [0.1, 0.15) is 0 Å². The second-order valence-electron chi connectivity index (χ2n) is 4.63. The van der Waals surface area contributed by atoms with Crippen LogP contribution in [0.3, 0.4) is 0 Å². The minimum absolute atomic E-state index is 0.158. The van der Waals surface area contributed by atoms with Gasteiger partial charge >= 0.3 is 0 Å². The van der Waals surface area contributed by atoms with Crippen molar-refractivity contribution in [1.82, 2.24) is 0 Å². The highest BCUT2D eigenvalue weighted by Crippen LogP contribution is 2.20. The van der Waals surface area contributed by atoms with Gasteiger partial charge in [0.25, 0.3) is 5.91 Å². The molecule has 0 fully saturated rings. The largest absolute Gasteiger partial charge is 0.411 e. The lowest BCUT2D eigenvalue weighted by Crippen LogP contribution is -2.13. The third-order valence-corrected chi connectivity index (χ3v) is 4.08. The highest BCUT2D eigenvalue weighted by Gasteiger charge is 2.11. The van der Waals surface area contributed by atoms with E-state index in [0.29, 0.717) is 17.0 Å². The molecular formula is C16H15BrN2O2. The summed E-state index contributed by atoms with van der Waals surface area (Å²) in [5.41, 5.74) is 3.54. The number of oxime groups is 1. The number of nitrogens with one attached hydrogen (secondary N) is 1. The van der Waals surface area contributed by atoms with Crippen LogP contribution in [0.2, 0.25) is 0 Å². The van der Waals surface area contributed by atoms with Gasteiger partial charge in [-0.05, 0) is 49.2 Å². The average Bonchev–Trinajstić information content (AvgIpc) is 2.50. The maximum Gasteiger partial charge on any atom is 0.255 e. The van der Waals surface area contributed by atoms with Crippen LogP contribution >= 0.6 is 15.9 Å². The summed E-state index contributed by atoms with van der Waals surface area (Å²) < 4.78 is 0.903. The molecule has 0 unspecified atom stereocenters. The first kappa shape index (κ1) is 15.3. The van der Waals surface area contributed by atoms with Crippen molar-refractivity contribution in [2.24, 2.45) is 5.16 Å². The number of hydrogen-bond acceptors (Lipinski definition) is 3. The molecule has 2 N–H and O–H groups in total. The lowest BCUT2D eigenvalue weighted by atomic mass is 10.1. The third-order valence-electron chi connectivity index (χ3n) is 3.22. The fourth-order valence-corrected chi connectivity index (χ4v) is 2.27. The van der Waals surface area contributed by atoms with Crippen LogP contribution in [0.15, 0.2) is 52.1 Å². The van der Waals surface area contributed by atoms with E-state index in [-0.39, 0.29) is 5.91 Å². The number of halogens is 1. The number of carbonyl (C=O) groups is 1. The topological polar surface area (TPSA) is 61.7 Å². The van der Waals surface area contributed by atoms with E-state index in [1.165, 1.54) is 0 Å². The second-order valence-corrected chi connectivity index (χ2v) is 5.48. The Labute approximate surface area is 131 Å². The van der Waals surface area contributed by atoms with E-state index < -0.39 is 0 Å². The molecular weight excluding hydrogens is 332 g/mol. The highest BCUT2D eigenvalue weighted by molar-refractivity contribution is 9.10. The molecule has 2 rings (SSSR count). The number of carbonyl (C=O) groups excluding carboxylic acids is 1. The Morgan fingerprint density at radius 1 is 1.19 bits per heavy atom. The number of nitrogens with zero attached hydrogens (tertiary/aromatic N) is 1. The first-order valence-electron chi connectivity index (χ1n) is 6.38. The zero-order valence-electron chi connectivity index (χ0n) is 11.7. The Morgan fingerprint density at radius 3 is 2.48 bits per heavy atom. The SMILES string of the molecule is CC(=NO)c1ccc(NC(=O)c2cccc(Br)c2C)cc1. The molecule has 0 saturated carbocycles. The lowest BCUT2D eigenvalue weighted by Gasteiger charge is -2.09. The quantitative estimate of drug-likeness (QED) is 0.496. The molecule has 1 amide bonds. The van der Waals surface area contributed by atoms with Gasteiger partial charge in [0.05, 0.1) is 5.71 Å². The van der Waals surface area contributed by atoms with Crippen molar-refractivity contribution in [3.63, 3.8) is 0 Å². The Kier molecular flexibility index (Phi) is 4.75. The van der Waals surface area contributed by atoms with Crippen molar-refractivity contribution in [3.05, 3.63) is 63.6 Å². The molecule has 0 aliphatic carbocycles. The second kappa shape index (κ2) is 6.54. The number of anilines is 1. The maximum absolute atomic E-state index is 12.3. The van der Waals surface area contributed by atoms with Gasteiger partial charge < -0.3 is 10.5 Å². The maximum atomic E-state index is 12.3. The molecule has 0 aromatic heterocycles. The fraction of sp³-hybridized carbons (Fsp3) is 0.125. The molecule has 0 saturated heterocycles. The molecule has 2 aromatic rings. The van der Waals surface area contributed by atoms with E-state index in [1.807, 2.05) is 19.1 Å². The molecule has 4 nitrogen and oxygen atoms in total. The van der Waals surface area contributed by atoms with E-state index >= 15 is 0 Å².